The summed E-state index contributed by atoms with van der Waals surface area (Å²) in [6.07, 6.45) is 48.6. The van der Waals surface area contributed by atoms with Gasteiger partial charge in [-0.2, -0.15) is 0 Å². The lowest BCUT2D eigenvalue weighted by atomic mass is 9.91. The van der Waals surface area contributed by atoms with Crippen LogP contribution in [0.1, 0.15) is 311 Å². The van der Waals surface area contributed by atoms with E-state index < -0.39 is 0 Å². The third-order valence-corrected chi connectivity index (χ3v) is 15.5. The molecule has 0 aliphatic carbocycles. The molecule has 0 bridgehead atoms. The zero-order valence-corrected chi connectivity index (χ0v) is 47.9. The number of hydrogen-bond acceptors (Lipinski definition) is 7. The second-order valence-corrected chi connectivity index (χ2v) is 22.2. The number of ether oxygens (including phenoxy) is 2. The molecule has 0 radical (unpaired) electrons. The van der Waals surface area contributed by atoms with Gasteiger partial charge in [-0.25, -0.2) is 4.79 Å². The van der Waals surface area contributed by atoms with Gasteiger partial charge in [-0.15, -0.1) is 0 Å². The van der Waals surface area contributed by atoms with Crippen LogP contribution in [0, 0.1) is 17.8 Å². The highest BCUT2D eigenvalue weighted by Gasteiger charge is 2.25. The molecule has 1 rings (SSSR count). The molecule has 0 spiro atoms. The Morgan fingerprint density at radius 2 is 0.789 bits per heavy atom. The minimum atomic E-state index is -0.257. The Balaban J connectivity index is 2.63. The van der Waals surface area contributed by atoms with Crippen LogP contribution in [0.2, 0.25) is 0 Å². The minimum Gasteiger partial charge on any atom is -0.465 e. The number of piperidine rings is 1. The van der Waals surface area contributed by atoms with Gasteiger partial charge in [-0.1, -0.05) is 214 Å². The second-order valence-electron chi connectivity index (χ2n) is 22.2. The fourth-order valence-electron chi connectivity index (χ4n) is 10.7. The normalized spacial score (nSPS) is 14.3. The average Bonchev–Trinajstić information content (AvgIpc) is 3.37. The molecule has 71 heavy (non-hydrogen) atoms. The summed E-state index contributed by atoms with van der Waals surface area (Å²) >= 11 is 0. The molecule has 0 aromatic carbocycles. The van der Waals surface area contributed by atoms with Crippen LogP contribution in [-0.4, -0.2) is 79.6 Å². The minimum absolute atomic E-state index is 0.0340. The molecule has 2 unspecified atom stereocenters. The molecule has 1 aliphatic heterocycles. The van der Waals surface area contributed by atoms with Gasteiger partial charge in [0.05, 0.1) is 13.2 Å². The summed E-state index contributed by atoms with van der Waals surface area (Å²) in [5.74, 6) is 1.13. The Kier molecular flexibility index (Phi) is 47.1. The molecule has 1 heterocycles. The third-order valence-electron chi connectivity index (χ3n) is 15.5. The molecule has 3 amide bonds. The van der Waals surface area contributed by atoms with Crippen LogP contribution in [0.3, 0.4) is 0 Å². The van der Waals surface area contributed by atoms with Crippen molar-refractivity contribution in [1.29, 1.82) is 0 Å². The molecule has 1 aliphatic rings. The lowest BCUT2D eigenvalue weighted by molar-refractivity contribution is -0.146. The average molecular weight is 1000 g/mol. The van der Waals surface area contributed by atoms with Gasteiger partial charge < -0.3 is 19.7 Å². The van der Waals surface area contributed by atoms with Crippen molar-refractivity contribution in [2.24, 2.45) is 17.8 Å². The number of nitrogens with zero attached hydrogens (tertiary/aromatic N) is 2. The first-order valence-corrected chi connectivity index (χ1v) is 31.4. The van der Waals surface area contributed by atoms with Crippen LogP contribution in [0.5, 0.6) is 0 Å². The number of urea groups is 1. The molecule has 0 aromatic rings. The van der Waals surface area contributed by atoms with Crippen molar-refractivity contribution >= 4 is 23.9 Å². The van der Waals surface area contributed by atoms with Gasteiger partial charge in [-0.05, 0) is 115 Å². The molecular weight excluding hydrogens is 883 g/mol. The molecule has 9 nitrogen and oxygen atoms in total. The standard InChI is InChI=1S/C62H119N3O6/c1-6-11-15-19-23-34-45-57(43-30-17-13-8-3)54-70-60(67)47-36-27-21-25-32-41-56(53-59(66)65(62(69)63-10-5)52-40-51-64-49-38-29-39-50-64)42-33-26-22-28-37-48-61(68)71-55-58(44-31-18-14-9-4)46-35-24-20-16-12-7-2/h56-58H,6-55H2,1-5H3,(H,63,69). The fourth-order valence-corrected chi connectivity index (χ4v) is 10.7. The van der Waals surface area contributed by atoms with Crippen LogP contribution in [-0.2, 0) is 23.9 Å². The van der Waals surface area contributed by atoms with Crippen LogP contribution >= 0.6 is 0 Å². The van der Waals surface area contributed by atoms with Gasteiger partial charge in [-0.3, -0.25) is 19.3 Å². The van der Waals surface area contributed by atoms with Crippen molar-refractivity contribution in [3.63, 3.8) is 0 Å². The number of imide groups is 1. The van der Waals surface area contributed by atoms with E-state index in [2.05, 4.69) is 37.9 Å². The number of carbonyl (C=O) groups excluding carboxylic acids is 4. The molecular formula is C62H119N3O6. The van der Waals surface area contributed by atoms with Gasteiger partial charge in [0, 0.05) is 32.4 Å². The van der Waals surface area contributed by atoms with E-state index in [1.807, 2.05) is 6.92 Å². The number of amides is 3. The molecule has 1 saturated heterocycles. The second kappa shape index (κ2) is 50.0. The molecule has 1 N–H and O–H groups in total. The molecule has 0 aromatic heterocycles. The lowest BCUT2D eigenvalue weighted by Gasteiger charge is -2.28. The largest absolute Gasteiger partial charge is 0.465 e. The summed E-state index contributed by atoms with van der Waals surface area (Å²) < 4.78 is 11.7. The molecule has 9 heteroatoms. The lowest BCUT2D eigenvalue weighted by Crippen LogP contribution is -2.45. The van der Waals surface area contributed by atoms with E-state index in [1.165, 1.54) is 178 Å². The number of hydrogen-bond donors (Lipinski definition) is 1. The van der Waals surface area contributed by atoms with Crippen LogP contribution in [0.15, 0.2) is 0 Å². The quantitative estimate of drug-likeness (QED) is 0.0478. The summed E-state index contributed by atoms with van der Waals surface area (Å²) in [5.41, 5.74) is 0. The maximum atomic E-state index is 13.9. The van der Waals surface area contributed by atoms with Crippen molar-refractivity contribution in [2.45, 2.75) is 311 Å². The number of nitrogens with one attached hydrogen (secondary N) is 1. The van der Waals surface area contributed by atoms with Crippen LogP contribution in [0.4, 0.5) is 4.79 Å². The first kappa shape index (κ1) is 66.9. The number of rotatable bonds is 51. The SMILES string of the molecule is CCCCCCCCC(CCCCCC)COC(=O)CCCCCCCC(CCCCCCCC(=O)OCC(CCCCCC)CCCCCCCC)CC(=O)N(CCCN1CCCCC1)C(=O)NCC. The highest BCUT2D eigenvalue weighted by molar-refractivity contribution is 5.94. The molecule has 418 valence electrons. The highest BCUT2D eigenvalue weighted by atomic mass is 16.5. The summed E-state index contributed by atoms with van der Waals surface area (Å²) in [6.45, 7) is 16.3. The third kappa shape index (κ3) is 40.9. The highest BCUT2D eigenvalue weighted by Crippen LogP contribution is 2.25. The molecule has 1 fully saturated rings. The van der Waals surface area contributed by atoms with Crippen LogP contribution in [0.25, 0.3) is 0 Å². The van der Waals surface area contributed by atoms with E-state index in [-0.39, 0.29) is 29.8 Å². The predicted octanol–water partition coefficient (Wildman–Crippen LogP) is 17.6. The van der Waals surface area contributed by atoms with Gasteiger partial charge in [0.1, 0.15) is 0 Å². The van der Waals surface area contributed by atoms with Gasteiger partial charge >= 0.3 is 18.0 Å². The van der Waals surface area contributed by atoms with Crippen molar-refractivity contribution in [3.8, 4) is 0 Å². The van der Waals surface area contributed by atoms with E-state index in [0.717, 1.165) is 103 Å². The number of likely N-dealkylation sites (tertiary alicyclic amines) is 1. The summed E-state index contributed by atoms with van der Waals surface area (Å²) in [6, 6.07) is -0.257. The molecule has 2 atom stereocenters. The van der Waals surface area contributed by atoms with E-state index in [1.54, 1.807) is 0 Å². The number of unbranched alkanes of at least 4 members (excludes halogenated alkanes) is 24. The Morgan fingerprint density at radius 1 is 0.437 bits per heavy atom. The van der Waals surface area contributed by atoms with E-state index >= 15 is 0 Å². The first-order valence-electron chi connectivity index (χ1n) is 31.4. The number of esters is 2. The maximum Gasteiger partial charge on any atom is 0.324 e. The zero-order chi connectivity index (χ0) is 51.7. The topological polar surface area (TPSA) is 105 Å². The summed E-state index contributed by atoms with van der Waals surface area (Å²) in [5, 5.41) is 2.92. The van der Waals surface area contributed by atoms with Gasteiger partial charge in [0.2, 0.25) is 5.91 Å². The monoisotopic (exact) mass is 1000 g/mol. The Hall–Kier alpha value is -2.16. The van der Waals surface area contributed by atoms with Crippen LogP contribution < -0.4 is 5.32 Å². The Morgan fingerprint density at radius 3 is 1.18 bits per heavy atom. The summed E-state index contributed by atoms with van der Waals surface area (Å²) in [7, 11) is 0. The maximum absolute atomic E-state index is 13.9. The van der Waals surface area contributed by atoms with E-state index in [4.69, 9.17) is 9.47 Å². The summed E-state index contributed by atoms with van der Waals surface area (Å²) in [4.78, 5) is 56.7. The number of carbonyl (C=O) groups is 4. The Bertz CT molecular complexity index is 1160. The van der Waals surface area contributed by atoms with Gasteiger partial charge in [0.25, 0.3) is 0 Å². The van der Waals surface area contributed by atoms with E-state index in [0.29, 0.717) is 57.4 Å². The zero-order valence-electron chi connectivity index (χ0n) is 47.9. The Labute approximate surface area is 440 Å². The van der Waals surface area contributed by atoms with Crippen molar-refractivity contribution in [1.82, 2.24) is 15.1 Å². The van der Waals surface area contributed by atoms with Gasteiger partial charge in [0.15, 0.2) is 0 Å². The smallest absolute Gasteiger partial charge is 0.324 e. The van der Waals surface area contributed by atoms with Crippen molar-refractivity contribution in [2.75, 3.05) is 45.9 Å². The fraction of sp³-hybridized carbons (Fsp3) is 0.935. The molecule has 0 saturated carbocycles. The van der Waals surface area contributed by atoms with E-state index in [9.17, 15) is 19.2 Å². The van der Waals surface area contributed by atoms with Crippen molar-refractivity contribution in [3.05, 3.63) is 0 Å². The predicted molar refractivity (Wildman–Crippen MR) is 301 cm³/mol. The first-order chi connectivity index (χ1) is 34.8. The van der Waals surface area contributed by atoms with Crippen molar-refractivity contribution < 1.29 is 28.7 Å².